The summed E-state index contributed by atoms with van der Waals surface area (Å²) in [7, 11) is 0. The molecule has 0 aliphatic carbocycles. The molecule has 0 fully saturated rings. The van der Waals surface area contributed by atoms with Gasteiger partial charge in [0, 0.05) is 23.3 Å². The van der Waals surface area contributed by atoms with Gasteiger partial charge in [-0.1, -0.05) is 35.9 Å². The fourth-order valence-electron chi connectivity index (χ4n) is 2.65. The molecular weight excluding hydrogens is 270 g/mol. The van der Waals surface area contributed by atoms with Gasteiger partial charge in [-0.15, -0.1) is 0 Å². The largest absolute Gasteiger partial charge is 0.256 e. The normalized spacial score (nSPS) is 11.0. The van der Waals surface area contributed by atoms with E-state index >= 15 is 0 Å². The lowest BCUT2D eigenvalue weighted by Gasteiger charge is -2.03. The van der Waals surface area contributed by atoms with Crippen molar-refractivity contribution in [2.75, 3.05) is 0 Å². The number of hydrogen-bond donors (Lipinski definition) is 0. The van der Waals surface area contributed by atoms with Crippen LogP contribution in [0.3, 0.4) is 0 Å². The Bertz CT molecular complexity index is 931. The van der Waals surface area contributed by atoms with Gasteiger partial charge in [-0.2, -0.15) is 5.10 Å². The van der Waals surface area contributed by atoms with E-state index in [9.17, 15) is 0 Å². The molecule has 0 saturated carbocycles. The summed E-state index contributed by atoms with van der Waals surface area (Å²) in [6, 6.07) is 18.6. The van der Waals surface area contributed by atoms with Gasteiger partial charge in [-0.05, 0) is 36.8 Å². The number of benzene rings is 2. The summed E-state index contributed by atoms with van der Waals surface area (Å²) in [5, 5.41) is 5.64. The van der Waals surface area contributed by atoms with E-state index in [-0.39, 0.29) is 0 Å². The molecule has 0 amide bonds. The minimum absolute atomic E-state index is 1.00. The van der Waals surface area contributed by atoms with Gasteiger partial charge in [0.2, 0.25) is 0 Å². The van der Waals surface area contributed by atoms with Gasteiger partial charge < -0.3 is 0 Å². The van der Waals surface area contributed by atoms with Crippen LogP contribution >= 0.6 is 0 Å². The molecule has 0 radical (unpaired) electrons. The SMILES string of the molecule is Cc1ccc(-n2cc(-c3ccnc4ccccc34)cn2)cc1. The van der Waals surface area contributed by atoms with Crippen LogP contribution in [0.15, 0.2) is 73.2 Å². The van der Waals surface area contributed by atoms with Crippen LogP contribution in [-0.2, 0) is 0 Å². The molecule has 22 heavy (non-hydrogen) atoms. The molecule has 0 spiro atoms. The van der Waals surface area contributed by atoms with E-state index in [1.165, 1.54) is 5.56 Å². The van der Waals surface area contributed by atoms with Crippen molar-refractivity contribution < 1.29 is 0 Å². The summed E-state index contributed by atoms with van der Waals surface area (Å²) in [5.41, 5.74) is 5.57. The molecule has 4 rings (SSSR count). The Morgan fingerprint density at radius 3 is 2.59 bits per heavy atom. The van der Waals surface area contributed by atoms with Gasteiger partial charge in [0.1, 0.15) is 0 Å². The van der Waals surface area contributed by atoms with Crippen LogP contribution in [0.1, 0.15) is 5.56 Å². The number of aryl methyl sites for hydroxylation is 1. The van der Waals surface area contributed by atoms with Crippen LogP contribution in [0.5, 0.6) is 0 Å². The first-order valence-electron chi connectivity index (χ1n) is 7.27. The summed E-state index contributed by atoms with van der Waals surface area (Å²) in [6.45, 7) is 2.08. The predicted octanol–water partition coefficient (Wildman–Crippen LogP) is 4.40. The molecule has 2 aromatic carbocycles. The number of fused-ring (bicyclic) bond motifs is 1. The molecular formula is C19H15N3. The zero-order valence-corrected chi connectivity index (χ0v) is 12.3. The van der Waals surface area contributed by atoms with Crippen molar-refractivity contribution in [3.05, 3.63) is 78.8 Å². The number of pyridine rings is 1. The maximum atomic E-state index is 4.50. The van der Waals surface area contributed by atoms with Crippen molar-refractivity contribution in [1.29, 1.82) is 0 Å². The van der Waals surface area contributed by atoms with Gasteiger partial charge in [-0.3, -0.25) is 4.98 Å². The second-order valence-corrected chi connectivity index (χ2v) is 5.38. The van der Waals surface area contributed by atoms with E-state index in [2.05, 4.69) is 53.5 Å². The molecule has 106 valence electrons. The first kappa shape index (κ1) is 12.8. The zero-order chi connectivity index (χ0) is 14.9. The summed E-state index contributed by atoms with van der Waals surface area (Å²) in [4.78, 5) is 4.41. The maximum absolute atomic E-state index is 4.50. The lowest BCUT2D eigenvalue weighted by atomic mass is 10.0. The van der Waals surface area contributed by atoms with Crippen LogP contribution < -0.4 is 0 Å². The molecule has 0 atom stereocenters. The van der Waals surface area contributed by atoms with Crippen LogP contribution in [0, 0.1) is 6.92 Å². The Hall–Kier alpha value is -2.94. The highest BCUT2D eigenvalue weighted by atomic mass is 15.3. The number of aromatic nitrogens is 3. The highest BCUT2D eigenvalue weighted by molar-refractivity contribution is 5.93. The second kappa shape index (κ2) is 5.11. The minimum Gasteiger partial charge on any atom is -0.256 e. The highest BCUT2D eigenvalue weighted by Gasteiger charge is 2.07. The smallest absolute Gasteiger partial charge is 0.0708 e. The third-order valence-corrected chi connectivity index (χ3v) is 3.84. The number of hydrogen-bond acceptors (Lipinski definition) is 2. The molecule has 0 bridgehead atoms. The molecule has 0 N–H and O–H groups in total. The fraction of sp³-hybridized carbons (Fsp3) is 0.0526. The molecule has 3 nitrogen and oxygen atoms in total. The van der Waals surface area contributed by atoms with Gasteiger partial charge in [-0.25, -0.2) is 4.68 Å². The lowest BCUT2D eigenvalue weighted by Crippen LogP contribution is -1.93. The quantitative estimate of drug-likeness (QED) is 0.546. The Morgan fingerprint density at radius 1 is 0.909 bits per heavy atom. The van der Waals surface area contributed by atoms with Gasteiger partial charge in [0.05, 0.1) is 17.4 Å². The highest BCUT2D eigenvalue weighted by Crippen LogP contribution is 2.27. The van der Waals surface area contributed by atoms with Crippen LogP contribution in [0.2, 0.25) is 0 Å². The van der Waals surface area contributed by atoms with Crippen molar-refractivity contribution in [2.24, 2.45) is 0 Å². The predicted molar refractivity (Wildman–Crippen MR) is 89.0 cm³/mol. The molecule has 2 aromatic heterocycles. The van der Waals surface area contributed by atoms with E-state index < -0.39 is 0 Å². The first-order chi connectivity index (χ1) is 10.8. The number of rotatable bonds is 2. The summed E-state index contributed by atoms with van der Waals surface area (Å²) >= 11 is 0. The Labute approximate surface area is 128 Å². The minimum atomic E-state index is 1.00. The summed E-state index contributed by atoms with van der Waals surface area (Å²) < 4.78 is 1.91. The van der Waals surface area contributed by atoms with Gasteiger partial charge in [0.15, 0.2) is 0 Å². The molecule has 3 heteroatoms. The van der Waals surface area contributed by atoms with E-state index in [1.54, 1.807) is 0 Å². The monoisotopic (exact) mass is 285 g/mol. The van der Waals surface area contributed by atoms with Crippen LogP contribution in [-0.4, -0.2) is 14.8 Å². The topological polar surface area (TPSA) is 30.7 Å². The molecule has 4 aromatic rings. The molecule has 0 unspecified atom stereocenters. The van der Waals surface area contributed by atoms with E-state index in [0.717, 1.165) is 27.7 Å². The molecule has 0 aliphatic rings. The zero-order valence-electron chi connectivity index (χ0n) is 12.3. The summed E-state index contributed by atoms with van der Waals surface area (Å²) in [5.74, 6) is 0. The van der Waals surface area contributed by atoms with Crippen LogP contribution in [0.4, 0.5) is 0 Å². The standard InChI is InChI=1S/C19H15N3/c1-14-6-8-16(9-7-14)22-13-15(12-21-22)17-10-11-20-19-5-3-2-4-18(17)19/h2-13H,1H3. The Morgan fingerprint density at radius 2 is 1.73 bits per heavy atom. The third kappa shape index (κ3) is 2.17. The van der Waals surface area contributed by atoms with Gasteiger partial charge >= 0.3 is 0 Å². The second-order valence-electron chi connectivity index (χ2n) is 5.38. The van der Waals surface area contributed by atoms with Crippen molar-refractivity contribution in [1.82, 2.24) is 14.8 Å². The van der Waals surface area contributed by atoms with Crippen molar-refractivity contribution >= 4 is 10.9 Å². The fourth-order valence-corrected chi connectivity index (χ4v) is 2.65. The van der Waals surface area contributed by atoms with Gasteiger partial charge in [0.25, 0.3) is 0 Å². The Kier molecular flexibility index (Phi) is 2.97. The number of nitrogens with zero attached hydrogens (tertiary/aromatic N) is 3. The van der Waals surface area contributed by atoms with Crippen LogP contribution in [0.25, 0.3) is 27.7 Å². The van der Waals surface area contributed by atoms with Crippen molar-refractivity contribution in [3.63, 3.8) is 0 Å². The third-order valence-electron chi connectivity index (χ3n) is 3.84. The first-order valence-corrected chi connectivity index (χ1v) is 7.27. The average Bonchev–Trinajstić information content (AvgIpc) is 3.05. The van der Waals surface area contributed by atoms with E-state index in [4.69, 9.17) is 0 Å². The van der Waals surface area contributed by atoms with Crippen molar-refractivity contribution in [2.45, 2.75) is 6.92 Å². The average molecular weight is 285 g/mol. The maximum Gasteiger partial charge on any atom is 0.0708 e. The summed E-state index contributed by atoms with van der Waals surface area (Å²) in [6.07, 6.45) is 5.81. The molecule has 2 heterocycles. The Balaban J connectivity index is 1.82. The molecule has 0 saturated heterocycles. The molecule has 0 aliphatic heterocycles. The number of para-hydroxylation sites is 1. The van der Waals surface area contributed by atoms with E-state index in [1.807, 2.05) is 41.3 Å². The lowest BCUT2D eigenvalue weighted by molar-refractivity contribution is 0.880. The van der Waals surface area contributed by atoms with E-state index in [0.29, 0.717) is 0 Å². The van der Waals surface area contributed by atoms with Crippen molar-refractivity contribution in [3.8, 4) is 16.8 Å².